The summed E-state index contributed by atoms with van der Waals surface area (Å²) in [5.74, 6) is 1.32. The predicted molar refractivity (Wildman–Crippen MR) is 64.9 cm³/mol. The van der Waals surface area contributed by atoms with Crippen LogP contribution in [0.4, 0.5) is 0 Å². The van der Waals surface area contributed by atoms with Gasteiger partial charge in [-0.2, -0.15) is 0 Å². The van der Waals surface area contributed by atoms with Gasteiger partial charge in [0.25, 0.3) is 0 Å². The van der Waals surface area contributed by atoms with E-state index in [9.17, 15) is 5.11 Å². The summed E-state index contributed by atoms with van der Waals surface area (Å²) < 4.78 is 0. The van der Waals surface area contributed by atoms with Crippen LogP contribution in [0.15, 0.2) is 0 Å². The molecule has 0 amide bonds. The summed E-state index contributed by atoms with van der Waals surface area (Å²) in [5, 5.41) is 13.2. The van der Waals surface area contributed by atoms with Crippen LogP contribution in [0.2, 0.25) is 0 Å². The third-order valence-corrected chi connectivity index (χ3v) is 3.81. The number of nitrogens with one attached hydrogen (secondary N) is 1. The van der Waals surface area contributed by atoms with Gasteiger partial charge in [-0.1, -0.05) is 27.2 Å². The van der Waals surface area contributed by atoms with Crippen LogP contribution in [0.5, 0.6) is 0 Å². The van der Waals surface area contributed by atoms with Gasteiger partial charge in [-0.3, -0.25) is 0 Å². The Labute approximate surface area is 94.5 Å². The van der Waals surface area contributed by atoms with Crippen molar-refractivity contribution in [2.45, 2.75) is 65.0 Å². The molecule has 0 aromatic heterocycles. The lowest BCUT2D eigenvalue weighted by molar-refractivity contribution is 0.116. The van der Waals surface area contributed by atoms with E-state index in [1.165, 1.54) is 32.1 Å². The van der Waals surface area contributed by atoms with E-state index in [2.05, 4.69) is 26.1 Å². The van der Waals surface area contributed by atoms with Crippen LogP contribution >= 0.6 is 0 Å². The summed E-state index contributed by atoms with van der Waals surface area (Å²) in [6.07, 6.45) is 6.47. The summed E-state index contributed by atoms with van der Waals surface area (Å²) in [6, 6.07) is 0.654. The molecule has 0 aromatic rings. The van der Waals surface area contributed by atoms with Crippen LogP contribution < -0.4 is 5.32 Å². The zero-order chi connectivity index (χ0) is 11.3. The average molecular weight is 213 g/mol. The molecular formula is C13H27NO. The molecule has 1 atom stereocenters. The summed E-state index contributed by atoms with van der Waals surface area (Å²) in [7, 11) is 0. The maximum Gasteiger partial charge on any atom is 0.0687 e. The molecule has 0 aliphatic heterocycles. The van der Waals surface area contributed by atoms with Gasteiger partial charge in [-0.15, -0.1) is 0 Å². The number of hydrogen-bond donors (Lipinski definition) is 2. The summed E-state index contributed by atoms with van der Waals surface area (Å²) >= 11 is 0. The first-order chi connectivity index (χ1) is 7.13. The largest absolute Gasteiger partial charge is 0.392 e. The minimum Gasteiger partial charge on any atom is -0.392 e. The monoisotopic (exact) mass is 213 g/mol. The molecule has 2 heteroatoms. The van der Waals surface area contributed by atoms with Crippen molar-refractivity contribution < 1.29 is 5.11 Å². The normalized spacial score (nSPS) is 29.4. The molecule has 1 fully saturated rings. The Hall–Kier alpha value is -0.0800. The molecule has 0 radical (unpaired) electrons. The molecule has 2 nitrogen and oxygen atoms in total. The molecule has 1 saturated carbocycles. The minimum atomic E-state index is -0.186. The van der Waals surface area contributed by atoms with E-state index >= 15 is 0 Å². The van der Waals surface area contributed by atoms with Gasteiger partial charge in [0.05, 0.1) is 6.10 Å². The smallest absolute Gasteiger partial charge is 0.0687 e. The van der Waals surface area contributed by atoms with Crippen molar-refractivity contribution in [1.82, 2.24) is 5.32 Å². The zero-order valence-corrected chi connectivity index (χ0v) is 10.5. The Morgan fingerprint density at radius 3 is 2.27 bits per heavy atom. The molecule has 90 valence electrons. The predicted octanol–water partition coefficient (Wildman–Crippen LogP) is 2.56. The molecule has 0 heterocycles. The van der Waals surface area contributed by atoms with Crippen LogP contribution in [0.3, 0.4) is 0 Å². The molecule has 0 spiro atoms. The van der Waals surface area contributed by atoms with Crippen molar-refractivity contribution in [3.63, 3.8) is 0 Å². The van der Waals surface area contributed by atoms with Crippen LogP contribution in [-0.2, 0) is 0 Å². The lowest BCUT2D eigenvalue weighted by atomic mass is 9.84. The second-order valence-corrected chi connectivity index (χ2v) is 5.35. The van der Waals surface area contributed by atoms with Gasteiger partial charge in [0.1, 0.15) is 0 Å². The molecule has 1 aliphatic rings. The Bertz CT molecular complexity index is 162. The van der Waals surface area contributed by atoms with Crippen molar-refractivity contribution in [3.05, 3.63) is 0 Å². The highest BCUT2D eigenvalue weighted by molar-refractivity contribution is 4.78. The third-order valence-electron chi connectivity index (χ3n) is 3.81. The fourth-order valence-electron chi connectivity index (χ4n) is 2.30. The van der Waals surface area contributed by atoms with Crippen molar-refractivity contribution in [2.75, 3.05) is 6.54 Å². The van der Waals surface area contributed by atoms with Crippen molar-refractivity contribution in [3.8, 4) is 0 Å². The lowest BCUT2D eigenvalue weighted by Gasteiger charge is -2.29. The number of hydrogen-bond acceptors (Lipinski definition) is 2. The van der Waals surface area contributed by atoms with E-state index in [1.807, 2.05) is 0 Å². The Morgan fingerprint density at radius 1 is 1.20 bits per heavy atom. The van der Waals surface area contributed by atoms with Gasteiger partial charge in [-0.05, 0) is 37.5 Å². The Balaban J connectivity index is 2.13. The van der Waals surface area contributed by atoms with Crippen LogP contribution in [0.1, 0.15) is 52.9 Å². The maximum atomic E-state index is 9.69. The van der Waals surface area contributed by atoms with Crippen molar-refractivity contribution in [1.29, 1.82) is 0 Å². The van der Waals surface area contributed by atoms with Gasteiger partial charge >= 0.3 is 0 Å². The average Bonchev–Trinajstić information content (AvgIpc) is 2.26. The minimum absolute atomic E-state index is 0.186. The molecule has 1 unspecified atom stereocenters. The Morgan fingerprint density at radius 2 is 1.80 bits per heavy atom. The van der Waals surface area contributed by atoms with E-state index in [4.69, 9.17) is 0 Å². The fraction of sp³-hybridized carbons (Fsp3) is 1.00. The van der Waals surface area contributed by atoms with Crippen LogP contribution in [-0.4, -0.2) is 23.8 Å². The molecule has 15 heavy (non-hydrogen) atoms. The highest BCUT2D eigenvalue weighted by atomic mass is 16.3. The van der Waals surface area contributed by atoms with Gasteiger partial charge in [0.15, 0.2) is 0 Å². The maximum absolute atomic E-state index is 9.69. The van der Waals surface area contributed by atoms with Crippen molar-refractivity contribution in [2.24, 2.45) is 11.8 Å². The van der Waals surface area contributed by atoms with Crippen molar-refractivity contribution >= 4 is 0 Å². The van der Waals surface area contributed by atoms with Crippen LogP contribution in [0.25, 0.3) is 0 Å². The first-order valence-electron chi connectivity index (χ1n) is 6.55. The molecule has 0 aromatic carbocycles. The van der Waals surface area contributed by atoms with Gasteiger partial charge in [0.2, 0.25) is 0 Å². The molecule has 0 bridgehead atoms. The first-order valence-corrected chi connectivity index (χ1v) is 6.55. The second-order valence-electron chi connectivity index (χ2n) is 5.35. The van der Waals surface area contributed by atoms with E-state index in [1.54, 1.807) is 0 Å². The van der Waals surface area contributed by atoms with E-state index in [0.717, 1.165) is 12.5 Å². The SMILES string of the molecule is CCC1CCC(NCC(O)C(C)C)CC1. The Kier molecular flexibility index (Phi) is 5.62. The van der Waals surface area contributed by atoms with Gasteiger partial charge < -0.3 is 10.4 Å². The van der Waals surface area contributed by atoms with E-state index < -0.39 is 0 Å². The molecule has 1 aliphatic carbocycles. The third kappa shape index (κ3) is 4.52. The lowest BCUT2D eigenvalue weighted by Crippen LogP contribution is -2.39. The molecular weight excluding hydrogens is 186 g/mol. The highest BCUT2D eigenvalue weighted by Crippen LogP contribution is 2.26. The standard InChI is InChI=1S/C13H27NO/c1-4-11-5-7-12(8-6-11)14-9-13(15)10(2)3/h10-15H,4-9H2,1-3H3. The van der Waals surface area contributed by atoms with Gasteiger partial charge in [-0.25, -0.2) is 0 Å². The van der Waals surface area contributed by atoms with Gasteiger partial charge in [0, 0.05) is 12.6 Å². The summed E-state index contributed by atoms with van der Waals surface area (Å²) in [5.41, 5.74) is 0. The highest BCUT2D eigenvalue weighted by Gasteiger charge is 2.20. The second kappa shape index (κ2) is 6.49. The van der Waals surface area contributed by atoms with E-state index in [0.29, 0.717) is 12.0 Å². The topological polar surface area (TPSA) is 32.3 Å². The summed E-state index contributed by atoms with van der Waals surface area (Å²) in [6.45, 7) is 7.20. The van der Waals surface area contributed by atoms with E-state index in [-0.39, 0.29) is 6.10 Å². The molecule has 2 N–H and O–H groups in total. The molecule has 1 rings (SSSR count). The number of rotatable bonds is 5. The van der Waals surface area contributed by atoms with Crippen LogP contribution in [0, 0.1) is 11.8 Å². The number of aliphatic hydroxyl groups is 1. The fourth-order valence-corrected chi connectivity index (χ4v) is 2.30. The quantitative estimate of drug-likeness (QED) is 0.735. The first kappa shape index (κ1) is 13.0. The molecule has 0 saturated heterocycles. The zero-order valence-electron chi connectivity index (χ0n) is 10.5. The number of aliphatic hydroxyl groups excluding tert-OH is 1. The summed E-state index contributed by atoms with van der Waals surface area (Å²) in [4.78, 5) is 0.